The van der Waals surface area contributed by atoms with Crippen LogP contribution >= 0.6 is 0 Å². The van der Waals surface area contributed by atoms with Crippen molar-refractivity contribution in [1.29, 1.82) is 0 Å². The molecule has 1 aliphatic carbocycles. The Bertz CT molecular complexity index is 1720. The van der Waals surface area contributed by atoms with Crippen molar-refractivity contribution in [2.24, 2.45) is 23.3 Å². The van der Waals surface area contributed by atoms with Gasteiger partial charge in [0, 0.05) is 47.6 Å². The Hall–Kier alpha value is -5.49. The molecule has 1 saturated carbocycles. The maximum Gasteiger partial charge on any atom is 0.240 e. The Kier molecular flexibility index (Phi) is 9.35. The van der Waals surface area contributed by atoms with Gasteiger partial charge < -0.3 is 16.2 Å². The highest BCUT2D eigenvalue weighted by Crippen LogP contribution is 2.33. The number of benzene rings is 2. The number of amides is 2. The Morgan fingerprint density at radius 1 is 0.913 bits per heavy atom. The Morgan fingerprint density at radius 2 is 1.65 bits per heavy atom. The number of tetrazole rings is 1. The van der Waals surface area contributed by atoms with Crippen LogP contribution in [0.4, 0.5) is 5.69 Å². The number of rotatable bonds is 11. The zero-order chi connectivity index (χ0) is 31.9. The summed E-state index contributed by atoms with van der Waals surface area (Å²) in [7, 11) is 0. The van der Waals surface area contributed by atoms with E-state index in [0.717, 1.165) is 47.9 Å². The van der Waals surface area contributed by atoms with Crippen molar-refractivity contribution in [2.45, 2.75) is 38.1 Å². The summed E-state index contributed by atoms with van der Waals surface area (Å²) in [6.07, 6.45) is 8.50. The molecule has 3 aromatic heterocycles. The van der Waals surface area contributed by atoms with Gasteiger partial charge in [0.05, 0.1) is 6.20 Å². The van der Waals surface area contributed by atoms with E-state index in [1.54, 1.807) is 59.9 Å². The molecule has 0 unspecified atom stereocenters. The molecule has 0 spiro atoms. The van der Waals surface area contributed by atoms with Gasteiger partial charge in [-0.3, -0.25) is 19.5 Å². The first kappa shape index (κ1) is 30.5. The number of hydrogen-bond acceptors (Lipinski definition) is 9. The standard InChI is InChI=1S/C34H35N9O3/c35-19-23-5-9-26(10-6-23)34(45)43(28-14-11-25(12-15-28)33-39-41-42-40-33)30(32(36)44)18-22-3-7-24(8-4-22)27-13-16-31(38-20-27)46-29-2-1-17-37-21-29/h1-4,7-8,11-17,20-21,23,26,30H,5-6,9-10,18-19,35H2,(H2,36,44)(H,39,40,41,42)/t23?,26?,30-/m0/s1. The lowest BCUT2D eigenvalue weighted by Gasteiger charge is -2.35. The van der Waals surface area contributed by atoms with Crippen LogP contribution in [0.1, 0.15) is 31.2 Å². The fraction of sp³-hybridized carbons (Fsp3) is 0.265. The summed E-state index contributed by atoms with van der Waals surface area (Å²) < 4.78 is 5.75. The molecule has 0 bridgehead atoms. The minimum atomic E-state index is -0.896. The number of nitrogens with zero attached hydrogens (tertiary/aromatic N) is 6. The summed E-state index contributed by atoms with van der Waals surface area (Å²) in [6, 6.07) is 21.5. The first-order valence-electron chi connectivity index (χ1n) is 15.3. The number of ether oxygens (including phenoxy) is 1. The molecule has 2 amide bonds. The number of primary amides is 1. The summed E-state index contributed by atoms with van der Waals surface area (Å²) in [4.78, 5) is 37.3. The van der Waals surface area contributed by atoms with Crippen LogP contribution in [0.25, 0.3) is 22.5 Å². The number of anilines is 1. The predicted octanol–water partition coefficient (Wildman–Crippen LogP) is 4.31. The second-order valence-electron chi connectivity index (χ2n) is 11.4. The molecule has 5 aromatic rings. The van der Waals surface area contributed by atoms with Gasteiger partial charge >= 0.3 is 0 Å². The van der Waals surface area contributed by atoms with Crippen LogP contribution in [0.5, 0.6) is 11.6 Å². The van der Waals surface area contributed by atoms with Crippen LogP contribution in [0.3, 0.4) is 0 Å². The SMILES string of the molecule is NCC1CCC(C(=O)N(c2ccc(-c3nn[nH]n3)cc2)[C@@H](Cc2ccc(-c3ccc(Oc4cccnc4)nc3)cc2)C(N)=O)CC1. The Morgan fingerprint density at radius 3 is 2.26 bits per heavy atom. The summed E-state index contributed by atoms with van der Waals surface area (Å²) in [5, 5.41) is 14.1. The minimum Gasteiger partial charge on any atom is -0.437 e. The zero-order valence-corrected chi connectivity index (χ0v) is 25.2. The minimum absolute atomic E-state index is 0.108. The summed E-state index contributed by atoms with van der Waals surface area (Å²) in [6.45, 7) is 0.613. The van der Waals surface area contributed by atoms with E-state index in [-0.39, 0.29) is 18.2 Å². The van der Waals surface area contributed by atoms with Crippen molar-refractivity contribution >= 4 is 17.5 Å². The van der Waals surface area contributed by atoms with Gasteiger partial charge in [0.1, 0.15) is 11.8 Å². The second kappa shape index (κ2) is 14.1. The number of carbonyl (C=O) groups is 2. The van der Waals surface area contributed by atoms with Gasteiger partial charge in [0.2, 0.25) is 23.5 Å². The van der Waals surface area contributed by atoms with Gasteiger partial charge in [-0.2, -0.15) is 5.21 Å². The smallest absolute Gasteiger partial charge is 0.240 e. The number of aromatic nitrogens is 6. The number of carbonyl (C=O) groups excluding carboxylic acids is 2. The molecule has 0 radical (unpaired) electrons. The van der Waals surface area contributed by atoms with E-state index in [1.165, 1.54) is 0 Å². The van der Waals surface area contributed by atoms with Crippen molar-refractivity contribution < 1.29 is 14.3 Å². The highest BCUT2D eigenvalue weighted by Gasteiger charge is 2.36. The number of pyridine rings is 2. The van der Waals surface area contributed by atoms with Gasteiger partial charge in [-0.25, -0.2) is 4.98 Å². The zero-order valence-electron chi connectivity index (χ0n) is 25.2. The highest BCUT2D eigenvalue weighted by atomic mass is 16.5. The Labute approximate surface area is 266 Å². The van der Waals surface area contributed by atoms with Crippen LogP contribution in [-0.2, 0) is 16.0 Å². The van der Waals surface area contributed by atoms with E-state index in [9.17, 15) is 9.59 Å². The van der Waals surface area contributed by atoms with Gasteiger partial charge in [-0.1, -0.05) is 24.3 Å². The molecule has 12 nitrogen and oxygen atoms in total. The lowest BCUT2D eigenvalue weighted by atomic mass is 9.81. The van der Waals surface area contributed by atoms with Crippen LogP contribution in [-0.4, -0.2) is 55.0 Å². The van der Waals surface area contributed by atoms with E-state index in [2.05, 4.69) is 30.6 Å². The van der Waals surface area contributed by atoms with Gasteiger partial charge in [0.25, 0.3) is 0 Å². The van der Waals surface area contributed by atoms with Crippen molar-refractivity contribution in [3.05, 3.63) is 97.0 Å². The van der Waals surface area contributed by atoms with Crippen LogP contribution in [0.2, 0.25) is 0 Å². The summed E-state index contributed by atoms with van der Waals surface area (Å²) in [5.41, 5.74) is 16.0. The van der Waals surface area contributed by atoms with Crippen LogP contribution in [0, 0.1) is 11.8 Å². The lowest BCUT2D eigenvalue weighted by molar-refractivity contribution is -0.127. The van der Waals surface area contributed by atoms with Gasteiger partial charge in [-0.05, 0) is 97.0 Å². The van der Waals surface area contributed by atoms with Crippen molar-refractivity contribution in [2.75, 3.05) is 11.4 Å². The van der Waals surface area contributed by atoms with E-state index >= 15 is 0 Å². The van der Waals surface area contributed by atoms with Crippen molar-refractivity contribution in [3.63, 3.8) is 0 Å². The highest BCUT2D eigenvalue weighted by molar-refractivity contribution is 6.01. The molecular weight excluding hydrogens is 582 g/mol. The maximum atomic E-state index is 14.2. The van der Waals surface area contributed by atoms with Crippen LogP contribution in [0.15, 0.2) is 91.4 Å². The first-order valence-corrected chi connectivity index (χ1v) is 15.3. The molecule has 1 atom stereocenters. The molecule has 6 rings (SSSR count). The monoisotopic (exact) mass is 617 g/mol. The maximum absolute atomic E-state index is 14.2. The topological polar surface area (TPSA) is 179 Å². The van der Waals surface area contributed by atoms with Gasteiger partial charge in [0.15, 0.2) is 0 Å². The average molecular weight is 618 g/mol. The van der Waals surface area contributed by atoms with E-state index < -0.39 is 11.9 Å². The normalized spacial score (nSPS) is 16.8. The van der Waals surface area contributed by atoms with E-state index in [4.69, 9.17) is 16.2 Å². The molecule has 5 N–H and O–H groups in total. The number of H-pyrrole nitrogens is 1. The second-order valence-corrected chi connectivity index (χ2v) is 11.4. The number of hydrogen-bond donors (Lipinski definition) is 3. The predicted molar refractivity (Wildman–Crippen MR) is 172 cm³/mol. The molecular formula is C34H35N9O3. The number of nitrogens with one attached hydrogen (secondary N) is 1. The fourth-order valence-corrected chi connectivity index (χ4v) is 5.87. The molecule has 1 aliphatic rings. The van der Waals surface area contributed by atoms with E-state index in [1.807, 2.05) is 36.4 Å². The molecule has 46 heavy (non-hydrogen) atoms. The van der Waals surface area contributed by atoms with Crippen molar-refractivity contribution in [1.82, 2.24) is 30.6 Å². The quantitative estimate of drug-likeness (QED) is 0.195. The Balaban J connectivity index is 1.22. The lowest BCUT2D eigenvalue weighted by Crippen LogP contribution is -2.52. The molecule has 0 aliphatic heterocycles. The third-order valence-corrected chi connectivity index (χ3v) is 8.47. The molecule has 1 fully saturated rings. The fourth-order valence-electron chi connectivity index (χ4n) is 5.87. The summed E-state index contributed by atoms with van der Waals surface area (Å²) in [5.74, 6) is 1.01. The van der Waals surface area contributed by atoms with Gasteiger partial charge in [-0.15, -0.1) is 10.2 Å². The molecule has 12 heteroatoms. The molecule has 3 heterocycles. The average Bonchev–Trinajstić information content (AvgIpc) is 3.65. The van der Waals surface area contributed by atoms with Crippen LogP contribution < -0.4 is 21.1 Å². The van der Waals surface area contributed by atoms with Crippen molar-refractivity contribution in [3.8, 4) is 34.1 Å². The van der Waals surface area contributed by atoms with E-state index in [0.29, 0.717) is 35.6 Å². The molecule has 234 valence electrons. The number of aromatic amines is 1. The third-order valence-electron chi connectivity index (χ3n) is 8.47. The largest absolute Gasteiger partial charge is 0.437 e. The molecule has 2 aromatic carbocycles. The third kappa shape index (κ3) is 7.08. The number of nitrogens with two attached hydrogens (primary N) is 2. The first-order chi connectivity index (χ1) is 22.5. The summed E-state index contributed by atoms with van der Waals surface area (Å²) >= 11 is 0. The molecule has 0 saturated heterocycles.